The predicted octanol–water partition coefficient (Wildman–Crippen LogP) is 4.85. The fraction of sp³-hybridized carbons (Fsp3) is 0.432. The monoisotopic (exact) mass is 756 g/mol. The number of rotatable bonds is 17. The summed E-state index contributed by atoms with van der Waals surface area (Å²) in [5.74, 6) is -3.13. The molecule has 0 aliphatic carbocycles. The van der Waals surface area contributed by atoms with Crippen LogP contribution in [0.2, 0.25) is 0 Å². The summed E-state index contributed by atoms with van der Waals surface area (Å²) in [6.07, 6.45) is 5.16. The van der Waals surface area contributed by atoms with E-state index in [1.807, 2.05) is 41.5 Å². The molecule has 1 aliphatic heterocycles. The number of nitrogens with one attached hydrogen (secondary N) is 3. The minimum absolute atomic E-state index is 0.00128. The first-order chi connectivity index (χ1) is 24.7. The zero-order valence-electron chi connectivity index (χ0n) is 29.8. The number of phenolic OH excluding ortho intramolecular Hbond substituents is 1. The average molecular weight is 757 g/mol. The Kier molecular flexibility index (Phi) is 14.0. The molecule has 0 saturated heterocycles. The lowest BCUT2D eigenvalue weighted by atomic mass is 9.87. The molecule has 3 atom stereocenters. The molecular formula is C37H48N4O9S2. The number of sulfonamides is 1. The molecule has 6 N–H and O–H groups in total. The number of hydrogen-bond acceptors (Lipinski definition) is 10. The number of aliphatic hydroxyl groups excluding tert-OH is 1. The van der Waals surface area contributed by atoms with Gasteiger partial charge in [0.05, 0.1) is 22.2 Å². The molecule has 1 heterocycles. The highest BCUT2D eigenvalue weighted by Gasteiger charge is 2.42. The molecule has 15 heteroatoms. The van der Waals surface area contributed by atoms with Crippen molar-refractivity contribution in [1.82, 2.24) is 15.4 Å². The van der Waals surface area contributed by atoms with Crippen molar-refractivity contribution in [2.75, 3.05) is 24.3 Å². The first-order valence-corrected chi connectivity index (χ1v) is 20.0. The molecule has 52 heavy (non-hydrogen) atoms. The van der Waals surface area contributed by atoms with Crippen LogP contribution in [0, 0.1) is 0 Å². The SMILES string of the molecule is CCCCC1(CCCC)CN(c2ccccc2)c2cc(SC)c(OCC(=O)N[C@@H](C(=O)N[C@H](C(=O)O)[C@@H](C)O)c3ccc(O)cc3)cc2S(=O)(=O)N1. The van der Waals surface area contributed by atoms with Gasteiger partial charge in [-0.3, -0.25) is 9.59 Å². The summed E-state index contributed by atoms with van der Waals surface area (Å²) < 4.78 is 37.6. The summed E-state index contributed by atoms with van der Waals surface area (Å²) in [6, 6.07) is 15.1. The Hall–Kier alpha value is -4.31. The highest BCUT2D eigenvalue weighted by Crippen LogP contribution is 2.44. The molecule has 0 aromatic heterocycles. The van der Waals surface area contributed by atoms with Gasteiger partial charge in [-0.05, 0) is 61.9 Å². The third kappa shape index (κ3) is 9.97. The number of amides is 2. The number of carboxylic acid groups (broad SMARTS) is 1. The molecule has 4 rings (SSSR count). The maximum Gasteiger partial charge on any atom is 0.328 e. The van der Waals surface area contributed by atoms with Gasteiger partial charge in [0, 0.05) is 18.3 Å². The summed E-state index contributed by atoms with van der Waals surface area (Å²) in [5.41, 5.74) is 0.794. The van der Waals surface area contributed by atoms with E-state index in [2.05, 4.69) is 29.2 Å². The van der Waals surface area contributed by atoms with Gasteiger partial charge in [-0.1, -0.05) is 69.9 Å². The summed E-state index contributed by atoms with van der Waals surface area (Å²) in [5, 5.41) is 33.9. The molecule has 1 aliphatic rings. The zero-order valence-corrected chi connectivity index (χ0v) is 31.4. The minimum atomic E-state index is -4.09. The zero-order chi connectivity index (χ0) is 38.1. The molecular weight excluding hydrogens is 709 g/mol. The van der Waals surface area contributed by atoms with E-state index in [4.69, 9.17) is 4.74 Å². The second-order valence-corrected chi connectivity index (χ2v) is 15.4. The van der Waals surface area contributed by atoms with E-state index in [-0.39, 0.29) is 22.0 Å². The van der Waals surface area contributed by atoms with E-state index in [1.54, 1.807) is 6.07 Å². The fourth-order valence-electron chi connectivity index (χ4n) is 6.18. The normalized spacial score (nSPS) is 16.4. The van der Waals surface area contributed by atoms with Gasteiger partial charge in [0.25, 0.3) is 5.91 Å². The molecule has 3 aromatic carbocycles. The summed E-state index contributed by atoms with van der Waals surface area (Å²) in [4.78, 5) is 40.9. The number of carbonyl (C=O) groups excluding carboxylic acids is 2. The van der Waals surface area contributed by atoms with E-state index >= 15 is 0 Å². The van der Waals surface area contributed by atoms with Gasteiger partial charge in [0.2, 0.25) is 15.9 Å². The number of benzene rings is 3. The number of phenols is 1. The quantitative estimate of drug-likeness (QED) is 0.103. The molecule has 0 unspecified atom stereocenters. The van der Waals surface area contributed by atoms with Crippen molar-refractivity contribution < 1.29 is 42.9 Å². The van der Waals surface area contributed by atoms with Crippen LogP contribution in [-0.2, 0) is 24.4 Å². The third-order valence-corrected chi connectivity index (χ3v) is 11.3. The number of aliphatic carboxylic acids is 1. The minimum Gasteiger partial charge on any atom is -0.508 e. The molecule has 0 saturated carbocycles. The number of fused-ring (bicyclic) bond motifs is 1. The van der Waals surface area contributed by atoms with Crippen molar-refractivity contribution in [3.05, 3.63) is 72.3 Å². The van der Waals surface area contributed by atoms with Crippen LogP contribution >= 0.6 is 11.8 Å². The number of ether oxygens (including phenoxy) is 1. The first-order valence-electron chi connectivity index (χ1n) is 17.2. The highest BCUT2D eigenvalue weighted by molar-refractivity contribution is 7.98. The Morgan fingerprint density at radius 2 is 1.63 bits per heavy atom. The first kappa shape index (κ1) is 40.5. The van der Waals surface area contributed by atoms with Gasteiger partial charge in [-0.25, -0.2) is 17.9 Å². The second-order valence-electron chi connectivity index (χ2n) is 12.9. The number of nitrogens with zero attached hydrogens (tertiary/aromatic N) is 1. The van der Waals surface area contributed by atoms with Crippen molar-refractivity contribution in [1.29, 1.82) is 0 Å². The van der Waals surface area contributed by atoms with Crippen LogP contribution in [0.25, 0.3) is 0 Å². The molecule has 0 bridgehead atoms. The number of aliphatic hydroxyl groups is 1. The maximum absolute atomic E-state index is 14.3. The smallest absolute Gasteiger partial charge is 0.328 e. The molecule has 0 radical (unpaired) electrons. The molecule has 3 aromatic rings. The van der Waals surface area contributed by atoms with Gasteiger partial charge in [0.1, 0.15) is 22.4 Å². The van der Waals surface area contributed by atoms with E-state index < -0.39 is 58.1 Å². The highest BCUT2D eigenvalue weighted by atomic mass is 32.2. The molecule has 0 fully saturated rings. The summed E-state index contributed by atoms with van der Waals surface area (Å²) in [6.45, 7) is 5.15. The Morgan fingerprint density at radius 3 is 2.19 bits per heavy atom. The van der Waals surface area contributed by atoms with E-state index in [9.17, 15) is 38.1 Å². The number of carboxylic acids is 1. The van der Waals surface area contributed by atoms with Crippen LogP contribution in [0.15, 0.2) is 76.5 Å². The largest absolute Gasteiger partial charge is 0.508 e. The predicted molar refractivity (Wildman–Crippen MR) is 200 cm³/mol. The number of hydrogen-bond donors (Lipinski definition) is 6. The number of anilines is 2. The number of para-hydroxylation sites is 1. The van der Waals surface area contributed by atoms with Crippen molar-refractivity contribution >= 4 is 50.9 Å². The van der Waals surface area contributed by atoms with Gasteiger partial charge in [-0.15, -0.1) is 11.8 Å². The Morgan fingerprint density at radius 1 is 1.00 bits per heavy atom. The van der Waals surface area contributed by atoms with E-state index in [0.29, 0.717) is 30.0 Å². The molecule has 2 amide bonds. The van der Waals surface area contributed by atoms with Crippen LogP contribution in [0.4, 0.5) is 11.4 Å². The second kappa shape index (κ2) is 17.9. The lowest BCUT2D eigenvalue weighted by Crippen LogP contribution is -2.53. The number of unbranched alkanes of at least 4 members (excludes halogenated alkanes) is 2. The lowest BCUT2D eigenvalue weighted by molar-refractivity contribution is -0.145. The average Bonchev–Trinajstić information content (AvgIpc) is 3.21. The Balaban J connectivity index is 1.69. The van der Waals surface area contributed by atoms with Crippen LogP contribution < -0.4 is 25.0 Å². The Labute approximate surface area is 309 Å². The van der Waals surface area contributed by atoms with Crippen molar-refractivity contribution in [2.24, 2.45) is 0 Å². The molecule has 0 spiro atoms. The molecule has 282 valence electrons. The van der Waals surface area contributed by atoms with Crippen LogP contribution in [0.1, 0.15) is 70.9 Å². The van der Waals surface area contributed by atoms with Crippen molar-refractivity contribution in [3.8, 4) is 11.5 Å². The van der Waals surface area contributed by atoms with E-state index in [1.165, 1.54) is 49.0 Å². The standard InChI is InChI=1S/C37H48N4O9S2/c1-5-7-18-37(19-8-6-2)23-41(26-12-10-9-11-13-26)28-20-30(51-4)29(21-31(28)52(48,49)40-37)50-22-32(44)38-34(25-14-16-27(43)17-15-25)35(45)39-33(24(3)42)36(46)47/h9-17,20-21,24,33-34,40,42-43H,5-8,18-19,22-23H2,1-4H3,(H,38,44)(H,39,45)(H,46,47)/t24-,33+,34-/m1/s1. The number of carbonyl (C=O) groups is 3. The van der Waals surface area contributed by atoms with Gasteiger partial charge < -0.3 is 35.6 Å². The van der Waals surface area contributed by atoms with Crippen molar-refractivity contribution in [2.45, 2.75) is 92.8 Å². The maximum atomic E-state index is 14.3. The Bertz CT molecular complexity index is 1800. The third-order valence-electron chi connectivity index (χ3n) is 8.92. The summed E-state index contributed by atoms with van der Waals surface area (Å²) >= 11 is 1.32. The topological polar surface area (TPSA) is 195 Å². The lowest BCUT2D eigenvalue weighted by Gasteiger charge is -2.37. The molecule has 13 nitrogen and oxygen atoms in total. The van der Waals surface area contributed by atoms with Crippen LogP contribution in [0.5, 0.6) is 11.5 Å². The van der Waals surface area contributed by atoms with Gasteiger partial charge in [0.15, 0.2) is 12.6 Å². The van der Waals surface area contributed by atoms with E-state index in [0.717, 1.165) is 31.4 Å². The number of thioether (sulfide) groups is 1. The van der Waals surface area contributed by atoms with Gasteiger partial charge >= 0.3 is 5.97 Å². The summed E-state index contributed by atoms with van der Waals surface area (Å²) in [7, 11) is -4.09. The van der Waals surface area contributed by atoms with Gasteiger partial charge in [-0.2, -0.15) is 0 Å². The fourth-order valence-corrected chi connectivity index (χ4v) is 8.39. The van der Waals surface area contributed by atoms with Crippen LogP contribution in [-0.4, -0.2) is 78.6 Å². The van der Waals surface area contributed by atoms with Crippen molar-refractivity contribution in [3.63, 3.8) is 0 Å². The number of aromatic hydroxyl groups is 1. The van der Waals surface area contributed by atoms with Crippen LogP contribution in [0.3, 0.4) is 0 Å².